The van der Waals surface area contributed by atoms with Gasteiger partial charge in [0.1, 0.15) is 5.82 Å². The standard InChI is InChI=1S/C15H23FN2O2S/c1-18(15(12-17)10-4-2-3-5-11-15)21(19,20)14-8-6-13(16)7-9-14/h6-9H,2-5,10-12,17H2,1H3. The van der Waals surface area contributed by atoms with Crippen LogP contribution in [0.3, 0.4) is 0 Å². The maximum atomic E-state index is 13.0. The Bertz CT molecular complexity index is 564. The average molecular weight is 314 g/mol. The fraction of sp³-hybridized carbons (Fsp3) is 0.600. The summed E-state index contributed by atoms with van der Waals surface area (Å²) in [5.41, 5.74) is 5.42. The molecule has 0 unspecified atom stereocenters. The molecule has 1 aliphatic carbocycles. The molecule has 118 valence electrons. The first-order valence-corrected chi connectivity index (χ1v) is 8.81. The van der Waals surface area contributed by atoms with E-state index in [-0.39, 0.29) is 4.90 Å². The number of rotatable bonds is 4. The molecule has 2 N–H and O–H groups in total. The second-order valence-electron chi connectivity index (χ2n) is 5.77. The van der Waals surface area contributed by atoms with Crippen molar-refractivity contribution in [2.45, 2.75) is 49.0 Å². The van der Waals surface area contributed by atoms with Crippen LogP contribution >= 0.6 is 0 Å². The van der Waals surface area contributed by atoms with Crippen LogP contribution in [0.15, 0.2) is 29.2 Å². The van der Waals surface area contributed by atoms with Crippen LogP contribution < -0.4 is 5.73 Å². The maximum absolute atomic E-state index is 13.0. The smallest absolute Gasteiger partial charge is 0.243 e. The summed E-state index contributed by atoms with van der Waals surface area (Å²) in [6.45, 7) is 0.309. The number of likely N-dealkylation sites (N-methyl/N-ethyl adjacent to an activating group) is 1. The fourth-order valence-corrected chi connectivity index (χ4v) is 4.62. The van der Waals surface area contributed by atoms with Crippen LogP contribution in [0.5, 0.6) is 0 Å². The summed E-state index contributed by atoms with van der Waals surface area (Å²) in [6.07, 6.45) is 5.76. The van der Waals surface area contributed by atoms with E-state index in [4.69, 9.17) is 5.73 Å². The van der Waals surface area contributed by atoms with E-state index < -0.39 is 21.4 Å². The molecule has 4 nitrogen and oxygen atoms in total. The Hall–Kier alpha value is -0.980. The number of nitrogens with zero attached hydrogens (tertiary/aromatic N) is 1. The molecule has 0 saturated heterocycles. The summed E-state index contributed by atoms with van der Waals surface area (Å²) in [5.74, 6) is -0.445. The van der Waals surface area contributed by atoms with E-state index in [0.717, 1.165) is 38.5 Å². The van der Waals surface area contributed by atoms with Crippen molar-refractivity contribution in [3.63, 3.8) is 0 Å². The lowest BCUT2D eigenvalue weighted by Crippen LogP contribution is -2.54. The Labute approximate surface area is 126 Å². The van der Waals surface area contributed by atoms with Gasteiger partial charge in [-0.3, -0.25) is 0 Å². The van der Waals surface area contributed by atoms with Gasteiger partial charge in [-0.1, -0.05) is 25.7 Å². The van der Waals surface area contributed by atoms with Crippen molar-refractivity contribution in [1.82, 2.24) is 4.31 Å². The van der Waals surface area contributed by atoms with Gasteiger partial charge in [0.2, 0.25) is 10.0 Å². The Morgan fingerprint density at radius 3 is 2.14 bits per heavy atom. The molecule has 1 aromatic rings. The van der Waals surface area contributed by atoms with Gasteiger partial charge in [-0.2, -0.15) is 4.31 Å². The molecule has 21 heavy (non-hydrogen) atoms. The van der Waals surface area contributed by atoms with Crippen LogP contribution in [0.25, 0.3) is 0 Å². The quantitative estimate of drug-likeness (QED) is 0.869. The minimum Gasteiger partial charge on any atom is -0.329 e. The number of sulfonamides is 1. The van der Waals surface area contributed by atoms with Gasteiger partial charge in [0.25, 0.3) is 0 Å². The van der Waals surface area contributed by atoms with Gasteiger partial charge in [-0.05, 0) is 37.1 Å². The van der Waals surface area contributed by atoms with Crippen molar-refractivity contribution in [3.8, 4) is 0 Å². The summed E-state index contributed by atoms with van der Waals surface area (Å²) < 4.78 is 39.9. The van der Waals surface area contributed by atoms with Crippen molar-refractivity contribution in [2.75, 3.05) is 13.6 Å². The highest BCUT2D eigenvalue weighted by Gasteiger charge is 2.40. The Balaban J connectivity index is 2.35. The predicted molar refractivity (Wildman–Crippen MR) is 80.8 cm³/mol. The third kappa shape index (κ3) is 3.27. The van der Waals surface area contributed by atoms with Crippen molar-refractivity contribution < 1.29 is 12.8 Å². The molecule has 1 saturated carbocycles. The maximum Gasteiger partial charge on any atom is 0.243 e. The summed E-state index contributed by atoms with van der Waals surface area (Å²) in [5, 5.41) is 0. The zero-order chi connectivity index (χ0) is 15.5. The van der Waals surface area contributed by atoms with Crippen LogP contribution in [0.2, 0.25) is 0 Å². The number of halogens is 1. The molecule has 0 amide bonds. The third-order valence-electron chi connectivity index (χ3n) is 4.55. The van der Waals surface area contributed by atoms with E-state index in [1.54, 1.807) is 7.05 Å². The zero-order valence-corrected chi connectivity index (χ0v) is 13.2. The van der Waals surface area contributed by atoms with Gasteiger partial charge in [0, 0.05) is 19.1 Å². The Morgan fingerprint density at radius 1 is 1.14 bits per heavy atom. The summed E-state index contributed by atoms with van der Waals surface area (Å²) >= 11 is 0. The normalized spacial score (nSPS) is 19.4. The SMILES string of the molecule is CN(C1(CN)CCCCCC1)S(=O)(=O)c1ccc(F)cc1. The lowest BCUT2D eigenvalue weighted by Gasteiger charge is -2.39. The molecule has 0 radical (unpaired) electrons. The molecular weight excluding hydrogens is 291 g/mol. The highest BCUT2D eigenvalue weighted by atomic mass is 32.2. The number of benzene rings is 1. The lowest BCUT2D eigenvalue weighted by molar-refractivity contribution is 0.196. The molecule has 0 spiro atoms. The summed E-state index contributed by atoms with van der Waals surface area (Å²) in [4.78, 5) is 0.114. The largest absolute Gasteiger partial charge is 0.329 e. The molecule has 2 rings (SSSR count). The first-order chi connectivity index (χ1) is 9.92. The monoisotopic (exact) mass is 314 g/mol. The molecule has 0 atom stereocenters. The van der Waals surface area contributed by atoms with Gasteiger partial charge in [-0.25, -0.2) is 12.8 Å². The van der Waals surface area contributed by atoms with Crippen molar-refractivity contribution in [3.05, 3.63) is 30.1 Å². The van der Waals surface area contributed by atoms with E-state index in [9.17, 15) is 12.8 Å². The van der Waals surface area contributed by atoms with E-state index in [2.05, 4.69) is 0 Å². The molecular formula is C15H23FN2O2S. The molecule has 1 fully saturated rings. The van der Waals surface area contributed by atoms with E-state index in [1.807, 2.05) is 0 Å². The first-order valence-electron chi connectivity index (χ1n) is 7.37. The number of nitrogens with two attached hydrogens (primary N) is 1. The molecule has 0 bridgehead atoms. The van der Waals surface area contributed by atoms with Crippen molar-refractivity contribution in [1.29, 1.82) is 0 Å². The van der Waals surface area contributed by atoms with Crippen LogP contribution in [0, 0.1) is 5.82 Å². The highest BCUT2D eigenvalue weighted by molar-refractivity contribution is 7.89. The minimum absolute atomic E-state index is 0.114. The third-order valence-corrected chi connectivity index (χ3v) is 6.53. The second-order valence-corrected chi connectivity index (χ2v) is 7.74. The van der Waals surface area contributed by atoms with Crippen molar-refractivity contribution in [2.24, 2.45) is 5.73 Å². The van der Waals surface area contributed by atoms with Gasteiger partial charge in [-0.15, -0.1) is 0 Å². The Morgan fingerprint density at radius 2 is 1.67 bits per heavy atom. The molecule has 0 heterocycles. The predicted octanol–water partition coefficient (Wildman–Crippen LogP) is 2.50. The summed E-state index contributed by atoms with van der Waals surface area (Å²) in [6, 6.07) is 4.95. The molecule has 6 heteroatoms. The summed E-state index contributed by atoms with van der Waals surface area (Å²) in [7, 11) is -2.06. The zero-order valence-electron chi connectivity index (χ0n) is 12.4. The Kier molecular flexibility index (Phi) is 5.01. The molecule has 1 aromatic carbocycles. The van der Waals surface area contributed by atoms with Crippen molar-refractivity contribution >= 4 is 10.0 Å². The van der Waals surface area contributed by atoms with Gasteiger partial charge in [0.05, 0.1) is 4.90 Å². The van der Waals surface area contributed by atoms with E-state index in [0.29, 0.717) is 6.54 Å². The number of hydrogen-bond donors (Lipinski definition) is 1. The molecule has 0 aliphatic heterocycles. The van der Waals surface area contributed by atoms with Crippen LogP contribution in [-0.2, 0) is 10.0 Å². The highest BCUT2D eigenvalue weighted by Crippen LogP contribution is 2.34. The van der Waals surface area contributed by atoms with Gasteiger partial charge < -0.3 is 5.73 Å². The first kappa shape index (κ1) is 16.4. The van der Waals surface area contributed by atoms with E-state index in [1.165, 1.54) is 28.6 Å². The van der Waals surface area contributed by atoms with Crippen LogP contribution in [-0.4, -0.2) is 31.9 Å². The topological polar surface area (TPSA) is 63.4 Å². The average Bonchev–Trinajstić information content (AvgIpc) is 2.73. The van der Waals surface area contributed by atoms with E-state index >= 15 is 0 Å². The number of hydrogen-bond acceptors (Lipinski definition) is 3. The van der Waals surface area contributed by atoms with Gasteiger partial charge >= 0.3 is 0 Å². The van der Waals surface area contributed by atoms with Crippen LogP contribution in [0.4, 0.5) is 4.39 Å². The minimum atomic E-state index is -3.66. The fourth-order valence-electron chi connectivity index (χ4n) is 3.05. The van der Waals surface area contributed by atoms with Gasteiger partial charge in [0.15, 0.2) is 0 Å². The second kappa shape index (κ2) is 6.42. The molecule has 0 aromatic heterocycles. The molecule has 1 aliphatic rings. The lowest BCUT2D eigenvalue weighted by atomic mass is 9.90. The van der Waals surface area contributed by atoms with Crippen LogP contribution in [0.1, 0.15) is 38.5 Å².